The molecule has 0 amide bonds. The van der Waals surface area contributed by atoms with Crippen molar-refractivity contribution in [1.29, 1.82) is 0 Å². The molecule has 4 nitrogen and oxygen atoms in total. The third-order valence-corrected chi connectivity index (χ3v) is 2.95. The van der Waals surface area contributed by atoms with Crippen molar-refractivity contribution in [2.75, 3.05) is 18.6 Å². The number of hydrogen-bond donors (Lipinski definition) is 2. The average Bonchev–Trinajstić information content (AvgIpc) is 2.14. The lowest BCUT2D eigenvalue weighted by Crippen LogP contribution is -2.32. The first-order chi connectivity index (χ1) is 6.87. The highest BCUT2D eigenvalue weighted by Gasteiger charge is 2.14. The summed E-state index contributed by atoms with van der Waals surface area (Å²) in [6.07, 6.45) is 1.36. The second kappa shape index (κ2) is 7.09. The van der Waals surface area contributed by atoms with Crippen LogP contribution in [-0.4, -0.2) is 41.3 Å². The Bertz CT molecular complexity index is 192. The summed E-state index contributed by atoms with van der Waals surface area (Å²) in [7, 11) is 1.34. The zero-order valence-electron chi connectivity index (χ0n) is 9.66. The van der Waals surface area contributed by atoms with Crippen molar-refractivity contribution in [3.05, 3.63) is 0 Å². The van der Waals surface area contributed by atoms with E-state index < -0.39 is 11.6 Å². The largest absolute Gasteiger partial charge is 0.468 e. The van der Waals surface area contributed by atoms with Gasteiger partial charge in [-0.15, -0.1) is 0 Å². The van der Waals surface area contributed by atoms with Gasteiger partial charge in [0, 0.05) is 0 Å². The quantitative estimate of drug-likeness (QED) is 0.504. The van der Waals surface area contributed by atoms with Gasteiger partial charge >= 0.3 is 5.97 Å². The van der Waals surface area contributed by atoms with Crippen molar-refractivity contribution < 1.29 is 14.6 Å². The third-order valence-electron chi connectivity index (χ3n) is 1.94. The van der Waals surface area contributed by atoms with Crippen molar-refractivity contribution in [3.63, 3.8) is 0 Å². The van der Waals surface area contributed by atoms with E-state index in [1.165, 1.54) is 7.11 Å². The van der Waals surface area contributed by atoms with E-state index in [1.807, 2.05) is 0 Å². The molecular weight excluding hydrogens is 214 g/mol. The van der Waals surface area contributed by atoms with Crippen LogP contribution in [0.4, 0.5) is 0 Å². The minimum absolute atomic E-state index is 0.363. The highest BCUT2D eigenvalue weighted by Crippen LogP contribution is 2.14. The predicted octanol–water partition coefficient (Wildman–Crippen LogP) is 0.771. The van der Waals surface area contributed by atoms with Crippen LogP contribution in [0.1, 0.15) is 26.7 Å². The molecule has 0 bridgehead atoms. The fourth-order valence-corrected chi connectivity index (χ4v) is 2.17. The van der Waals surface area contributed by atoms with Crippen LogP contribution in [0.3, 0.4) is 0 Å². The number of thioether (sulfide) groups is 1. The monoisotopic (exact) mass is 235 g/mol. The molecule has 3 N–H and O–H groups in total. The van der Waals surface area contributed by atoms with Crippen molar-refractivity contribution >= 4 is 17.7 Å². The Labute approximate surface area is 95.6 Å². The van der Waals surface area contributed by atoms with E-state index >= 15 is 0 Å². The molecule has 0 aliphatic rings. The SMILES string of the molecule is COC(=O)C(N)CCSCCC(C)(C)O. The number of aliphatic hydroxyl groups is 1. The molecule has 0 aromatic carbocycles. The first-order valence-electron chi connectivity index (χ1n) is 5.00. The number of carbonyl (C=O) groups is 1. The summed E-state index contributed by atoms with van der Waals surface area (Å²) < 4.78 is 4.51. The molecule has 0 saturated heterocycles. The molecule has 1 unspecified atom stereocenters. The molecule has 0 aliphatic carbocycles. The van der Waals surface area contributed by atoms with Crippen molar-refractivity contribution in [3.8, 4) is 0 Å². The molecule has 0 aliphatic heterocycles. The van der Waals surface area contributed by atoms with Crippen molar-refractivity contribution in [1.82, 2.24) is 0 Å². The van der Waals surface area contributed by atoms with Crippen molar-refractivity contribution in [2.45, 2.75) is 38.3 Å². The van der Waals surface area contributed by atoms with E-state index in [9.17, 15) is 9.90 Å². The Balaban J connectivity index is 3.43. The van der Waals surface area contributed by atoms with Crippen LogP contribution in [0.2, 0.25) is 0 Å². The first kappa shape index (κ1) is 14.7. The number of carbonyl (C=O) groups excluding carboxylic acids is 1. The predicted molar refractivity (Wildman–Crippen MR) is 62.8 cm³/mol. The summed E-state index contributed by atoms with van der Waals surface area (Å²) in [6.45, 7) is 3.57. The Kier molecular flexibility index (Phi) is 6.96. The molecule has 0 radical (unpaired) electrons. The molecule has 0 aromatic heterocycles. The van der Waals surface area contributed by atoms with Gasteiger partial charge < -0.3 is 15.6 Å². The van der Waals surface area contributed by atoms with Gasteiger partial charge in [-0.1, -0.05) is 0 Å². The molecule has 0 fully saturated rings. The molecule has 1 atom stereocenters. The van der Waals surface area contributed by atoms with Gasteiger partial charge in [0.05, 0.1) is 12.7 Å². The van der Waals surface area contributed by atoms with Gasteiger partial charge in [0.15, 0.2) is 0 Å². The Morgan fingerprint density at radius 1 is 1.53 bits per heavy atom. The van der Waals surface area contributed by atoms with E-state index in [0.717, 1.165) is 17.9 Å². The first-order valence-corrected chi connectivity index (χ1v) is 6.16. The number of hydrogen-bond acceptors (Lipinski definition) is 5. The highest BCUT2D eigenvalue weighted by molar-refractivity contribution is 7.99. The second-order valence-corrected chi connectivity index (χ2v) is 5.32. The summed E-state index contributed by atoms with van der Waals surface area (Å²) in [5, 5.41) is 9.44. The lowest BCUT2D eigenvalue weighted by molar-refractivity contribution is -0.142. The summed E-state index contributed by atoms with van der Waals surface area (Å²) >= 11 is 1.69. The van der Waals surface area contributed by atoms with Gasteiger partial charge in [0.2, 0.25) is 0 Å². The van der Waals surface area contributed by atoms with Crippen molar-refractivity contribution in [2.24, 2.45) is 5.73 Å². The molecule has 0 aromatic rings. The van der Waals surface area contributed by atoms with E-state index in [2.05, 4.69) is 4.74 Å². The number of rotatable bonds is 7. The molecule has 0 saturated carbocycles. The third kappa shape index (κ3) is 8.72. The standard InChI is InChI=1S/C10H21NO3S/c1-10(2,13)5-7-15-6-4-8(11)9(12)14-3/h8,13H,4-7,11H2,1-3H3. The number of nitrogens with two attached hydrogens (primary N) is 1. The van der Waals surface area contributed by atoms with Crippen LogP contribution in [0.25, 0.3) is 0 Å². The summed E-state index contributed by atoms with van der Waals surface area (Å²) in [6, 6.07) is -0.523. The van der Waals surface area contributed by atoms with Gasteiger partial charge in [0.1, 0.15) is 6.04 Å². The molecule has 90 valence electrons. The second-order valence-electron chi connectivity index (χ2n) is 4.09. The minimum Gasteiger partial charge on any atom is -0.468 e. The zero-order valence-corrected chi connectivity index (χ0v) is 10.5. The van der Waals surface area contributed by atoms with E-state index in [1.54, 1.807) is 25.6 Å². The fourth-order valence-electron chi connectivity index (χ4n) is 0.904. The highest BCUT2D eigenvalue weighted by atomic mass is 32.2. The average molecular weight is 235 g/mol. The normalized spacial score (nSPS) is 13.7. The smallest absolute Gasteiger partial charge is 0.322 e. The van der Waals surface area contributed by atoms with Crippen LogP contribution < -0.4 is 5.73 Å². The van der Waals surface area contributed by atoms with Gasteiger partial charge in [0.25, 0.3) is 0 Å². The topological polar surface area (TPSA) is 72.5 Å². The fraction of sp³-hybridized carbons (Fsp3) is 0.900. The maximum absolute atomic E-state index is 10.9. The molecule has 5 heteroatoms. The number of esters is 1. The zero-order chi connectivity index (χ0) is 11.9. The maximum Gasteiger partial charge on any atom is 0.322 e. The molecule has 0 heterocycles. The number of ether oxygens (including phenoxy) is 1. The van der Waals surface area contributed by atoms with Gasteiger partial charge in [-0.2, -0.15) is 11.8 Å². The van der Waals surface area contributed by atoms with Crippen LogP contribution in [-0.2, 0) is 9.53 Å². The Hall–Kier alpha value is -0.260. The lowest BCUT2D eigenvalue weighted by atomic mass is 10.1. The minimum atomic E-state index is -0.614. The Morgan fingerprint density at radius 2 is 2.13 bits per heavy atom. The summed E-state index contributed by atoms with van der Waals surface area (Å²) in [5.74, 6) is 1.32. The molecule has 0 spiro atoms. The number of methoxy groups -OCH3 is 1. The van der Waals surface area contributed by atoms with Crippen LogP contribution in [0.5, 0.6) is 0 Å². The van der Waals surface area contributed by atoms with Gasteiger partial charge in [-0.3, -0.25) is 4.79 Å². The summed E-state index contributed by atoms with van der Waals surface area (Å²) in [4.78, 5) is 10.9. The van der Waals surface area contributed by atoms with Gasteiger partial charge in [-0.05, 0) is 38.2 Å². The Morgan fingerprint density at radius 3 is 2.60 bits per heavy atom. The summed E-state index contributed by atoms with van der Waals surface area (Å²) in [5.41, 5.74) is 4.94. The maximum atomic E-state index is 10.9. The van der Waals surface area contributed by atoms with Crippen LogP contribution in [0.15, 0.2) is 0 Å². The molecule has 0 rings (SSSR count). The lowest BCUT2D eigenvalue weighted by Gasteiger charge is -2.16. The van der Waals surface area contributed by atoms with Gasteiger partial charge in [-0.25, -0.2) is 0 Å². The van der Waals surface area contributed by atoms with E-state index in [4.69, 9.17) is 5.73 Å². The molecule has 15 heavy (non-hydrogen) atoms. The van der Waals surface area contributed by atoms with E-state index in [0.29, 0.717) is 6.42 Å². The van der Waals surface area contributed by atoms with E-state index in [-0.39, 0.29) is 5.97 Å². The van der Waals surface area contributed by atoms with Crippen LogP contribution >= 0.6 is 11.8 Å². The van der Waals surface area contributed by atoms with Crippen LogP contribution in [0, 0.1) is 0 Å². The molecular formula is C10H21NO3S.